The van der Waals surface area contributed by atoms with Crippen LogP contribution in [0.3, 0.4) is 0 Å². The van der Waals surface area contributed by atoms with E-state index in [4.69, 9.17) is 11.6 Å². The third kappa shape index (κ3) is 2.24. The molecule has 2 nitrogen and oxygen atoms in total. The molecule has 0 fully saturated rings. The lowest BCUT2D eigenvalue weighted by Crippen LogP contribution is -2.44. The zero-order chi connectivity index (χ0) is 16.0. The van der Waals surface area contributed by atoms with E-state index in [2.05, 4.69) is 41.7 Å². The molecule has 3 aliphatic rings. The van der Waals surface area contributed by atoms with Gasteiger partial charge in [-0.1, -0.05) is 41.9 Å². The van der Waals surface area contributed by atoms with E-state index in [9.17, 15) is 5.11 Å². The van der Waals surface area contributed by atoms with Crippen LogP contribution in [0.15, 0.2) is 42.5 Å². The quantitative estimate of drug-likeness (QED) is 0.894. The lowest BCUT2D eigenvalue weighted by molar-refractivity contribution is 0.130. The predicted molar refractivity (Wildman–Crippen MR) is 94.3 cm³/mol. The van der Waals surface area contributed by atoms with Gasteiger partial charge in [-0.05, 0) is 60.7 Å². The Kier molecular flexibility index (Phi) is 3.72. The molecule has 3 aliphatic carbocycles. The molecule has 3 atom stereocenters. The molecule has 0 heterocycles. The average molecular weight is 328 g/mol. The first kappa shape index (κ1) is 15.2. The van der Waals surface area contributed by atoms with Crippen molar-refractivity contribution in [2.75, 3.05) is 13.6 Å². The molecule has 2 aromatic carbocycles. The number of benzene rings is 2. The first-order valence-electron chi connectivity index (χ1n) is 8.38. The molecule has 120 valence electrons. The minimum absolute atomic E-state index is 0.109. The zero-order valence-corrected chi connectivity index (χ0v) is 14.1. The third-order valence-electron chi connectivity index (χ3n) is 5.64. The van der Waals surface area contributed by atoms with Crippen molar-refractivity contribution in [2.24, 2.45) is 0 Å². The van der Waals surface area contributed by atoms with Crippen molar-refractivity contribution >= 4 is 11.6 Å². The van der Waals surface area contributed by atoms with Gasteiger partial charge in [0.05, 0.1) is 6.10 Å². The first-order chi connectivity index (χ1) is 11.2. The van der Waals surface area contributed by atoms with Gasteiger partial charge in [0.2, 0.25) is 0 Å². The Hall–Kier alpha value is -1.35. The molecule has 3 unspecified atom stereocenters. The monoisotopic (exact) mass is 327 g/mol. The Bertz CT molecular complexity index is 744. The Labute approximate surface area is 142 Å². The molecule has 0 saturated heterocycles. The number of aliphatic hydroxyl groups is 1. The first-order valence-corrected chi connectivity index (χ1v) is 8.75. The van der Waals surface area contributed by atoms with Gasteiger partial charge < -0.3 is 10.4 Å². The van der Waals surface area contributed by atoms with Gasteiger partial charge in [-0.3, -0.25) is 0 Å². The van der Waals surface area contributed by atoms with Crippen LogP contribution in [-0.2, 0) is 5.41 Å². The van der Waals surface area contributed by atoms with Gasteiger partial charge in [0.25, 0.3) is 0 Å². The van der Waals surface area contributed by atoms with Gasteiger partial charge in [-0.25, -0.2) is 0 Å². The summed E-state index contributed by atoms with van der Waals surface area (Å²) in [6, 6.07) is 15.1. The number of likely N-dealkylation sites (N-methyl/N-ethyl adjacent to an activating group) is 1. The fourth-order valence-electron chi connectivity index (χ4n) is 4.80. The van der Waals surface area contributed by atoms with E-state index in [1.807, 2.05) is 13.1 Å². The van der Waals surface area contributed by atoms with Crippen molar-refractivity contribution in [3.8, 4) is 0 Å². The number of hydrogen-bond acceptors (Lipinski definition) is 2. The SMILES string of the molecule is CNCC(O)CC12CCC(c3ccccc31)c1ccc(Cl)cc12. The largest absolute Gasteiger partial charge is 0.392 e. The Morgan fingerprint density at radius 1 is 1.22 bits per heavy atom. The maximum atomic E-state index is 10.5. The molecule has 0 amide bonds. The summed E-state index contributed by atoms with van der Waals surface area (Å²) in [5, 5.41) is 14.4. The van der Waals surface area contributed by atoms with Crippen LogP contribution in [-0.4, -0.2) is 24.8 Å². The standard InChI is InChI=1S/C20H22ClNO/c1-22-12-14(23)11-20-9-8-15(16-4-2-3-5-18(16)20)17-7-6-13(21)10-19(17)20/h2-7,10,14-15,22-23H,8-9,11-12H2,1H3. The van der Waals surface area contributed by atoms with Crippen molar-refractivity contribution in [1.29, 1.82) is 0 Å². The molecule has 0 radical (unpaired) electrons. The normalized spacial score (nSPS) is 25.8. The van der Waals surface area contributed by atoms with Crippen LogP contribution in [0.1, 0.15) is 47.4 Å². The van der Waals surface area contributed by atoms with Gasteiger partial charge in [0.1, 0.15) is 0 Å². The van der Waals surface area contributed by atoms with E-state index in [0.717, 1.165) is 24.3 Å². The van der Waals surface area contributed by atoms with Crippen LogP contribution in [0, 0.1) is 0 Å². The summed E-state index contributed by atoms with van der Waals surface area (Å²) in [5.41, 5.74) is 5.44. The van der Waals surface area contributed by atoms with Crippen LogP contribution < -0.4 is 5.32 Å². The Morgan fingerprint density at radius 3 is 2.83 bits per heavy atom. The predicted octanol–water partition coefficient (Wildman–Crippen LogP) is 3.84. The summed E-state index contributed by atoms with van der Waals surface area (Å²) < 4.78 is 0. The molecular weight excluding hydrogens is 306 g/mol. The topological polar surface area (TPSA) is 32.3 Å². The van der Waals surface area contributed by atoms with E-state index in [1.54, 1.807) is 0 Å². The molecule has 0 saturated carbocycles. The molecule has 3 heteroatoms. The van der Waals surface area contributed by atoms with E-state index in [-0.39, 0.29) is 11.5 Å². The van der Waals surface area contributed by atoms with Crippen LogP contribution >= 0.6 is 11.6 Å². The molecular formula is C20H22ClNO. The number of fused-ring (bicyclic) bond motifs is 1. The van der Waals surface area contributed by atoms with Gasteiger partial charge in [0, 0.05) is 22.9 Å². The molecule has 2 N–H and O–H groups in total. The summed E-state index contributed by atoms with van der Waals surface area (Å²) in [5.74, 6) is 0.474. The van der Waals surface area contributed by atoms with Crippen LogP contribution in [0.5, 0.6) is 0 Å². The summed E-state index contributed by atoms with van der Waals surface area (Å²) in [7, 11) is 1.89. The smallest absolute Gasteiger partial charge is 0.0676 e. The molecule has 0 aliphatic heterocycles. The Balaban J connectivity index is 1.91. The van der Waals surface area contributed by atoms with Crippen molar-refractivity contribution in [2.45, 2.75) is 36.7 Å². The number of halogens is 1. The second-order valence-electron chi connectivity index (χ2n) is 6.91. The van der Waals surface area contributed by atoms with Crippen molar-refractivity contribution in [1.82, 2.24) is 5.32 Å². The highest BCUT2D eigenvalue weighted by atomic mass is 35.5. The molecule has 5 rings (SSSR count). The maximum absolute atomic E-state index is 10.5. The molecule has 2 bridgehead atoms. The zero-order valence-electron chi connectivity index (χ0n) is 13.3. The van der Waals surface area contributed by atoms with Gasteiger partial charge in [-0.2, -0.15) is 0 Å². The minimum atomic E-state index is -0.366. The van der Waals surface area contributed by atoms with Gasteiger partial charge in [-0.15, -0.1) is 0 Å². The number of nitrogens with one attached hydrogen (secondary N) is 1. The molecule has 0 spiro atoms. The lowest BCUT2D eigenvalue weighted by Gasteiger charge is -2.50. The third-order valence-corrected chi connectivity index (χ3v) is 5.88. The van der Waals surface area contributed by atoms with Gasteiger partial charge >= 0.3 is 0 Å². The maximum Gasteiger partial charge on any atom is 0.0676 e. The average Bonchev–Trinajstić information content (AvgIpc) is 2.56. The highest BCUT2D eigenvalue weighted by Crippen LogP contribution is 2.58. The summed E-state index contributed by atoms with van der Waals surface area (Å²) in [6.07, 6.45) is 2.61. The van der Waals surface area contributed by atoms with Crippen LogP contribution in [0.25, 0.3) is 0 Å². The summed E-state index contributed by atoms with van der Waals surface area (Å²) in [6.45, 7) is 0.614. The Morgan fingerprint density at radius 2 is 2.00 bits per heavy atom. The number of rotatable bonds is 4. The highest BCUT2D eigenvalue weighted by molar-refractivity contribution is 6.30. The minimum Gasteiger partial charge on any atom is -0.392 e. The van der Waals surface area contributed by atoms with Crippen LogP contribution in [0.4, 0.5) is 0 Å². The van der Waals surface area contributed by atoms with Crippen molar-refractivity contribution in [3.63, 3.8) is 0 Å². The van der Waals surface area contributed by atoms with Crippen molar-refractivity contribution in [3.05, 3.63) is 69.7 Å². The highest BCUT2D eigenvalue weighted by Gasteiger charge is 2.48. The molecule has 0 aromatic heterocycles. The summed E-state index contributed by atoms with van der Waals surface area (Å²) >= 11 is 6.33. The van der Waals surface area contributed by atoms with E-state index < -0.39 is 0 Å². The number of hydrogen-bond donors (Lipinski definition) is 2. The molecule has 2 aromatic rings. The second kappa shape index (κ2) is 5.62. The van der Waals surface area contributed by atoms with E-state index >= 15 is 0 Å². The second-order valence-corrected chi connectivity index (χ2v) is 7.34. The molecule has 23 heavy (non-hydrogen) atoms. The van der Waals surface area contributed by atoms with Crippen LogP contribution in [0.2, 0.25) is 5.02 Å². The van der Waals surface area contributed by atoms with Gasteiger partial charge in [0.15, 0.2) is 0 Å². The summed E-state index contributed by atoms with van der Waals surface area (Å²) in [4.78, 5) is 0. The fraction of sp³-hybridized carbons (Fsp3) is 0.400. The van der Waals surface area contributed by atoms with E-state index in [0.29, 0.717) is 12.5 Å². The number of aliphatic hydroxyl groups excluding tert-OH is 1. The fourth-order valence-corrected chi connectivity index (χ4v) is 4.97. The van der Waals surface area contributed by atoms with E-state index in [1.165, 1.54) is 22.3 Å². The lowest BCUT2D eigenvalue weighted by atomic mass is 9.53. The van der Waals surface area contributed by atoms with Crippen molar-refractivity contribution < 1.29 is 5.11 Å².